The molecule has 0 aliphatic heterocycles. The Balaban J connectivity index is 1.65. The standard InChI is InChI=1S/C18H16FNO3/c1-22-14-6-7-16-13(10-14)11-17(23-16)18(21)20-9-8-12-4-2-3-5-15(12)19/h2-7,10-11H,8-9H2,1H3,(H,20,21). The molecular weight excluding hydrogens is 297 g/mol. The van der Waals surface area contributed by atoms with E-state index in [0.29, 0.717) is 29.9 Å². The van der Waals surface area contributed by atoms with Gasteiger partial charge in [-0.15, -0.1) is 0 Å². The Hall–Kier alpha value is -2.82. The van der Waals surface area contributed by atoms with Gasteiger partial charge in [0.25, 0.3) is 5.91 Å². The number of methoxy groups -OCH3 is 1. The van der Waals surface area contributed by atoms with Crippen molar-refractivity contribution in [2.45, 2.75) is 6.42 Å². The number of carbonyl (C=O) groups is 1. The lowest BCUT2D eigenvalue weighted by Crippen LogP contribution is -2.25. The summed E-state index contributed by atoms with van der Waals surface area (Å²) in [4.78, 5) is 12.1. The highest BCUT2D eigenvalue weighted by Crippen LogP contribution is 2.24. The van der Waals surface area contributed by atoms with Gasteiger partial charge in [0.2, 0.25) is 0 Å². The van der Waals surface area contributed by atoms with Crippen LogP contribution in [-0.4, -0.2) is 19.6 Å². The second kappa shape index (κ2) is 6.52. The van der Waals surface area contributed by atoms with Gasteiger partial charge in [-0.1, -0.05) is 18.2 Å². The maximum absolute atomic E-state index is 13.5. The van der Waals surface area contributed by atoms with Crippen molar-refractivity contribution in [1.82, 2.24) is 5.32 Å². The van der Waals surface area contributed by atoms with E-state index in [1.807, 2.05) is 0 Å². The van der Waals surface area contributed by atoms with Crippen LogP contribution in [0.15, 0.2) is 52.9 Å². The predicted molar refractivity (Wildman–Crippen MR) is 85.2 cm³/mol. The lowest BCUT2D eigenvalue weighted by atomic mass is 10.1. The molecule has 118 valence electrons. The number of amides is 1. The number of rotatable bonds is 5. The maximum Gasteiger partial charge on any atom is 0.287 e. The van der Waals surface area contributed by atoms with Crippen molar-refractivity contribution in [2.24, 2.45) is 0 Å². The summed E-state index contributed by atoms with van der Waals surface area (Å²) in [6.07, 6.45) is 0.423. The van der Waals surface area contributed by atoms with Gasteiger partial charge in [-0.25, -0.2) is 4.39 Å². The number of carbonyl (C=O) groups excluding carboxylic acids is 1. The van der Waals surface area contributed by atoms with Crippen LogP contribution in [0.5, 0.6) is 5.75 Å². The van der Waals surface area contributed by atoms with Crippen LogP contribution in [0.25, 0.3) is 11.0 Å². The van der Waals surface area contributed by atoms with Gasteiger partial charge in [-0.2, -0.15) is 0 Å². The van der Waals surface area contributed by atoms with Gasteiger partial charge in [0, 0.05) is 11.9 Å². The first-order chi connectivity index (χ1) is 11.2. The van der Waals surface area contributed by atoms with E-state index >= 15 is 0 Å². The number of benzene rings is 2. The molecule has 0 fully saturated rings. The van der Waals surface area contributed by atoms with Gasteiger partial charge in [-0.3, -0.25) is 4.79 Å². The summed E-state index contributed by atoms with van der Waals surface area (Å²) in [5.41, 5.74) is 1.19. The van der Waals surface area contributed by atoms with E-state index in [9.17, 15) is 9.18 Å². The van der Waals surface area contributed by atoms with Crippen molar-refractivity contribution < 1.29 is 18.3 Å². The zero-order valence-corrected chi connectivity index (χ0v) is 12.6. The molecule has 0 unspecified atom stereocenters. The Morgan fingerprint density at radius 2 is 2.04 bits per heavy atom. The molecule has 4 nitrogen and oxygen atoms in total. The predicted octanol–water partition coefficient (Wildman–Crippen LogP) is 3.55. The topological polar surface area (TPSA) is 51.5 Å². The van der Waals surface area contributed by atoms with E-state index in [1.54, 1.807) is 49.6 Å². The first-order valence-electron chi connectivity index (χ1n) is 7.26. The van der Waals surface area contributed by atoms with Crippen LogP contribution >= 0.6 is 0 Å². The summed E-state index contributed by atoms with van der Waals surface area (Å²) >= 11 is 0. The van der Waals surface area contributed by atoms with Gasteiger partial charge in [0.15, 0.2) is 5.76 Å². The molecule has 23 heavy (non-hydrogen) atoms. The molecule has 0 saturated heterocycles. The number of fused-ring (bicyclic) bond motifs is 1. The van der Waals surface area contributed by atoms with Crippen LogP contribution in [0.4, 0.5) is 4.39 Å². The molecule has 1 N–H and O–H groups in total. The van der Waals surface area contributed by atoms with E-state index in [-0.39, 0.29) is 17.5 Å². The highest BCUT2D eigenvalue weighted by Gasteiger charge is 2.12. The highest BCUT2D eigenvalue weighted by molar-refractivity contribution is 5.96. The van der Waals surface area contributed by atoms with Crippen molar-refractivity contribution in [2.75, 3.05) is 13.7 Å². The SMILES string of the molecule is COc1ccc2oc(C(=O)NCCc3ccccc3F)cc2c1. The van der Waals surface area contributed by atoms with Gasteiger partial charge in [0.1, 0.15) is 17.1 Å². The first-order valence-corrected chi connectivity index (χ1v) is 7.26. The summed E-state index contributed by atoms with van der Waals surface area (Å²) in [5.74, 6) is 0.334. The van der Waals surface area contributed by atoms with E-state index in [2.05, 4.69) is 5.32 Å². The zero-order chi connectivity index (χ0) is 16.2. The van der Waals surface area contributed by atoms with Crippen LogP contribution < -0.4 is 10.1 Å². The second-order valence-corrected chi connectivity index (χ2v) is 5.11. The third kappa shape index (κ3) is 3.34. The summed E-state index contributed by atoms with van der Waals surface area (Å²) in [6, 6.07) is 13.5. The minimum absolute atomic E-state index is 0.224. The number of nitrogens with one attached hydrogen (secondary N) is 1. The van der Waals surface area contributed by atoms with Gasteiger partial charge in [-0.05, 0) is 42.3 Å². The third-order valence-corrected chi connectivity index (χ3v) is 3.58. The van der Waals surface area contributed by atoms with Crippen LogP contribution in [-0.2, 0) is 6.42 Å². The molecule has 3 aromatic rings. The minimum atomic E-state index is -0.323. The van der Waals surface area contributed by atoms with Gasteiger partial charge in [0.05, 0.1) is 7.11 Å². The maximum atomic E-state index is 13.5. The lowest BCUT2D eigenvalue weighted by molar-refractivity contribution is 0.0928. The summed E-state index contributed by atoms with van der Waals surface area (Å²) in [5, 5.41) is 3.53. The third-order valence-electron chi connectivity index (χ3n) is 3.58. The van der Waals surface area contributed by atoms with Crippen LogP contribution in [0.3, 0.4) is 0 Å². The average molecular weight is 313 g/mol. The lowest BCUT2D eigenvalue weighted by Gasteiger charge is -2.04. The van der Waals surface area contributed by atoms with E-state index in [0.717, 1.165) is 5.39 Å². The van der Waals surface area contributed by atoms with Crippen molar-refractivity contribution in [3.63, 3.8) is 0 Å². The van der Waals surface area contributed by atoms with Crippen LogP contribution in [0.1, 0.15) is 16.1 Å². The molecule has 0 radical (unpaired) electrons. The van der Waals surface area contributed by atoms with Crippen molar-refractivity contribution in [1.29, 1.82) is 0 Å². The first kappa shape index (κ1) is 15.1. The Labute approximate surface area is 132 Å². The quantitative estimate of drug-likeness (QED) is 0.783. The molecule has 2 aromatic carbocycles. The van der Waals surface area contributed by atoms with Crippen LogP contribution in [0, 0.1) is 5.82 Å². The molecule has 1 amide bonds. The monoisotopic (exact) mass is 313 g/mol. The summed E-state index contributed by atoms with van der Waals surface area (Å²) < 4.78 is 24.2. The number of furan rings is 1. The smallest absolute Gasteiger partial charge is 0.287 e. The van der Waals surface area contributed by atoms with Gasteiger partial charge >= 0.3 is 0 Å². The molecule has 5 heteroatoms. The molecule has 0 saturated carbocycles. The molecule has 0 spiro atoms. The Morgan fingerprint density at radius 3 is 2.83 bits per heavy atom. The van der Waals surface area contributed by atoms with Crippen LogP contribution in [0.2, 0.25) is 0 Å². The van der Waals surface area contributed by atoms with Crippen molar-refractivity contribution in [3.05, 3.63) is 65.7 Å². The normalized spacial score (nSPS) is 10.7. The molecule has 0 bridgehead atoms. The van der Waals surface area contributed by atoms with E-state index < -0.39 is 0 Å². The molecule has 3 rings (SSSR count). The van der Waals surface area contributed by atoms with Crippen molar-refractivity contribution >= 4 is 16.9 Å². The molecule has 1 heterocycles. The van der Waals surface area contributed by atoms with E-state index in [1.165, 1.54) is 6.07 Å². The summed E-state index contributed by atoms with van der Waals surface area (Å²) in [7, 11) is 1.58. The molecule has 1 aromatic heterocycles. The fourth-order valence-corrected chi connectivity index (χ4v) is 2.36. The molecule has 0 aliphatic rings. The highest BCUT2D eigenvalue weighted by atomic mass is 19.1. The molecule has 0 atom stereocenters. The molecular formula is C18H16FNO3. The minimum Gasteiger partial charge on any atom is -0.497 e. The fourth-order valence-electron chi connectivity index (χ4n) is 2.36. The fraction of sp³-hybridized carbons (Fsp3) is 0.167. The number of hydrogen-bond acceptors (Lipinski definition) is 3. The Kier molecular flexibility index (Phi) is 4.28. The number of ether oxygens (including phenoxy) is 1. The Morgan fingerprint density at radius 1 is 1.22 bits per heavy atom. The largest absolute Gasteiger partial charge is 0.497 e. The van der Waals surface area contributed by atoms with E-state index in [4.69, 9.17) is 9.15 Å². The Bertz CT molecular complexity index is 841. The average Bonchev–Trinajstić information content (AvgIpc) is 2.99. The summed E-state index contributed by atoms with van der Waals surface area (Å²) in [6.45, 7) is 0.333. The second-order valence-electron chi connectivity index (χ2n) is 5.11. The zero-order valence-electron chi connectivity index (χ0n) is 12.6. The number of halogens is 1. The van der Waals surface area contributed by atoms with Crippen molar-refractivity contribution in [3.8, 4) is 5.75 Å². The molecule has 0 aliphatic carbocycles. The van der Waals surface area contributed by atoms with Gasteiger partial charge < -0.3 is 14.5 Å². The number of hydrogen-bond donors (Lipinski definition) is 1.